The number of anilines is 1. The largest absolute Gasteiger partial charge is 0.480 e. The standard InChI is InChI=1S/C8H12N4O4S/c1-2-5-11-12-8(17-5)10-7(16)9-4(3-13)6(14)15/h4,13H,2-3H2,1H3,(H,14,15)(H2,9,10,12,16)/t4-/m0/s1. The fraction of sp³-hybridized carbons (Fsp3) is 0.500. The molecule has 0 saturated carbocycles. The molecule has 17 heavy (non-hydrogen) atoms. The number of aryl methyl sites for hydroxylation is 1. The topological polar surface area (TPSA) is 124 Å². The van der Waals surface area contributed by atoms with Crippen molar-refractivity contribution in [1.29, 1.82) is 0 Å². The van der Waals surface area contributed by atoms with Gasteiger partial charge in [0.2, 0.25) is 5.13 Å². The summed E-state index contributed by atoms with van der Waals surface area (Å²) in [5.74, 6) is -1.31. The number of nitrogens with one attached hydrogen (secondary N) is 2. The van der Waals surface area contributed by atoms with Crippen molar-refractivity contribution in [2.45, 2.75) is 19.4 Å². The van der Waals surface area contributed by atoms with Gasteiger partial charge in [0.1, 0.15) is 5.01 Å². The van der Waals surface area contributed by atoms with Crippen molar-refractivity contribution < 1.29 is 19.8 Å². The van der Waals surface area contributed by atoms with E-state index in [1.54, 1.807) is 0 Å². The number of rotatable bonds is 5. The first-order valence-electron chi connectivity index (χ1n) is 4.80. The lowest BCUT2D eigenvalue weighted by atomic mass is 10.3. The maximum Gasteiger partial charge on any atom is 0.328 e. The second-order valence-electron chi connectivity index (χ2n) is 3.03. The highest BCUT2D eigenvalue weighted by atomic mass is 32.1. The molecule has 4 N–H and O–H groups in total. The van der Waals surface area contributed by atoms with Gasteiger partial charge >= 0.3 is 12.0 Å². The molecule has 0 spiro atoms. The van der Waals surface area contributed by atoms with Crippen LogP contribution in [0.2, 0.25) is 0 Å². The van der Waals surface area contributed by atoms with Gasteiger partial charge in [-0.15, -0.1) is 10.2 Å². The van der Waals surface area contributed by atoms with Crippen LogP contribution in [0.1, 0.15) is 11.9 Å². The van der Waals surface area contributed by atoms with E-state index in [0.29, 0.717) is 6.42 Å². The normalized spacial score (nSPS) is 11.9. The van der Waals surface area contributed by atoms with Crippen LogP contribution in [0.25, 0.3) is 0 Å². The van der Waals surface area contributed by atoms with Gasteiger partial charge in [-0.05, 0) is 6.42 Å². The minimum absolute atomic E-state index is 0.279. The molecule has 1 aromatic heterocycles. The van der Waals surface area contributed by atoms with Gasteiger partial charge in [-0.25, -0.2) is 9.59 Å². The van der Waals surface area contributed by atoms with E-state index in [0.717, 1.165) is 5.01 Å². The molecule has 2 amide bonds. The van der Waals surface area contributed by atoms with E-state index in [1.165, 1.54) is 11.3 Å². The van der Waals surface area contributed by atoms with E-state index < -0.39 is 24.6 Å². The molecule has 1 aromatic rings. The smallest absolute Gasteiger partial charge is 0.328 e. The Balaban J connectivity index is 2.51. The number of carboxylic acid groups (broad SMARTS) is 1. The Labute approximate surface area is 101 Å². The molecule has 0 aliphatic rings. The minimum atomic E-state index is -1.34. The van der Waals surface area contributed by atoms with Crippen LogP contribution < -0.4 is 10.6 Å². The number of carboxylic acids is 1. The Morgan fingerprint density at radius 3 is 2.65 bits per heavy atom. The minimum Gasteiger partial charge on any atom is -0.480 e. The molecule has 0 bridgehead atoms. The summed E-state index contributed by atoms with van der Waals surface area (Å²) < 4.78 is 0. The van der Waals surface area contributed by atoms with Crippen LogP contribution >= 0.6 is 11.3 Å². The highest BCUT2D eigenvalue weighted by Crippen LogP contribution is 2.14. The summed E-state index contributed by atoms with van der Waals surface area (Å²) in [4.78, 5) is 21.9. The van der Waals surface area contributed by atoms with Gasteiger partial charge in [0.15, 0.2) is 6.04 Å². The first kappa shape index (κ1) is 13.3. The van der Waals surface area contributed by atoms with E-state index in [4.69, 9.17) is 10.2 Å². The van der Waals surface area contributed by atoms with Gasteiger partial charge in [-0.1, -0.05) is 18.3 Å². The number of hydrogen-bond donors (Lipinski definition) is 4. The molecule has 0 aromatic carbocycles. The average molecular weight is 260 g/mol. The highest BCUT2D eigenvalue weighted by Gasteiger charge is 2.19. The zero-order valence-corrected chi connectivity index (χ0v) is 9.82. The van der Waals surface area contributed by atoms with E-state index >= 15 is 0 Å². The number of amides is 2. The van der Waals surface area contributed by atoms with Gasteiger partial charge in [-0.2, -0.15) is 0 Å². The monoisotopic (exact) mass is 260 g/mol. The van der Waals surface area contributed by atoms with Gasteiger partial charge in [-0.3, -0.25) is 5.32 Å². The predicted molar refractivity (Wildman–Crippen MR) is 60.0 cm³/mol. The van der Waals surface area contributed by atoms with Crippen molar-refractivity contribution >= 4 is 28.5 Å². The number of hydrogen-bond acceptors (Lipinski definition) is 6. The number of carbonyl (C=O) groups excluding carboxylic acids is 1. The van der Waals surface area contributed by atoms with Crippen LogP contribution in [0.15, 0.2) is 0 Å². The second kappa shape index (κ2) is 6.11. The maximum atomic E-state index is 11.3. The van der Waals surface area contributed by atoms with Crippen molar-refractivity contribution in [1.82, 2.24) is 15.5 Å². The Hall–Kier alpha value is -1.74. The van der Waals surface area contributed by atoms with Crippen molar-refractivity contribution in [3.05, 3.63) is 5.01 Å². The van der Waals surface area contributed by atoms with Crippen LogP contribution in [0.5, 0.6) is 0 Å². The molecular formula is C8H12N4O4S. The first-order valence-corrected chi connectivity index (χ1v) is 5.62. The lowest BCUT2D eigenvalue weighted by Crippen LogP contribution is -2.45. The molecule has 0 saturated heterocycles. The van der Waals surface area contributed by atoms with Crippen LogP contribution in [-0.4, -0.2) is 45.1 Å². The number of aromatic nitrogens is 2. The quantitative estimate of drug-likeness (QED) is 0.574. The fourth-order valence-electron chi connectivity index (χ4n) is 0.924. The van der Waals surface area contributed by atoms with E-state index in [9.17, 15) is 9.59 Å². The molecule has 1 heterocycles. The molecule has 94 valence electrons. The van der Waals surface area contributed by atoms with E-state index in [1.807, 2.05) is 6.92 Å². The molecule has 9 heteroatoms. The summed E-state index contributed by atoms with van der Waals surface area (Å²) in [7, 11) is 0. The molecule has 0 unspecified atom stereocenters. The van der Waals surface area contributed by atoms with Crippen molar-refractivity contribution in [3.63, 3.8) is 0 Å². The summed E-state index contributed by atoms with van der Waals surface area (Å²) in [5.41, 5.74) is 0. The first-order chi connectivity index (χ1) is 8.06. The van der Waals surface area contributed by atoms with E-state index in [-0.39, 0.29) is 5.13 Å². The maximum absolute atomic E-state index is 11.3. The van der Waals surface area contributed by atoms with E-state index in [2.05, 4.69) is 20.8 Å². The summed E-state index contributed by atoms with van der Waals surface area (Å²) in [5, 5.41) is 30.2. The number of nitrogens with zero attached hydrogens (tertiary/aromatic N) is 2. The molecule has 0 fully saturated rings. The zero-order chi connectivity index (χ0) is 12.8. The van der Waals surface area contributed by atoms with Gasteiger partial charge < -0.3 is 15.5 Å². The third kappa shape index (κ3) is 3.96. The molecule has 0 radical (unpaired) electrons. The lowest BCUT2D eigenvalue weighted by molar-refractivity contribution is -0.140. The SMILES string of the molecule is CCc1nnc(NC(=O)N[C@@H](CO)C(=O)O)s1. The lowest BCUT2D eigenvalue weighted by Gasteiger charge is -2.10. The number of aliphatic hydroxyl groups excluding tert-OH is 1. The molecule has 1 rings (SSSR count). The number of carbonyl (C=O) groups is 2. The third-order valence-corrected chi connectivity index (χ3v) is 2.76. The van der Waals surface area contributed by atoms with Crippen molar-refractivity contribution in [3.8, 4) is 0 Å². The summed E-state index contributed by atoms with van der Waals surface area (Å²) >= 11 is 1.20. The number of urea groups is 1. The van der Waals surface area contributed by atoms with Crippen molar-refractivity contribution in [2.24, 2.45) is 0 Å². The average Bonchev–Trinajstić information content (AvgIpc) is 2.73. The second-order valence-corrected chi connectivity index (χ2v) is 4.09. The zero-order valence-electron chi connectivity index (χ0n) is 9.01. The van der Waals surface area contributed by atoms with Crippen LogP contribution in [-0.2, 0) is 11.2 Å². The Morgan fingerprint density at radius 1 is 1.47 bits per heavy atom. The Bertz CT molecular complexity index is 408. The fourth-order valence-corrected chi connectivity index (χ4v) is 1.60. The van der Waals surface area contributed by atoms with Gasteiger partial charge in [0.25, 0.3) is 0 Å². The predicted octanol–water partition coefficient (Wildman–Crippen LogP) is -0.333. The summed E-state index contributed by atoms with van der Waals surface area (Å²) in [6.07, 6.45) is 0.704. The van der Waals surface area contributed by atoms with Crippen LogP contribution in [0.3, 0.4) is 0 Å². The number of aliphatic hydroxyl groups is 1. The van der Waals surface area contributed by atoms with Gasteiger partial charge in [0, 0.05) is 0 Å². The van der Waals surface area contributed by atoms with Gasteiger partial charge in [0.05, 0.1) is 6.61 Å². The van der Waals surface area contributed by atoms with Crippen molar-refractivity contribution in [2.75, 3.05) is 11.9 Å². The summed E-state index contributed by atoms with van der Waals surface area (Å²) in [6, 6.07) is -2.08. The molecular weight excluding hydrogens is 248 g/mol. The number of aliphatic carboxylic acids is 1. The Kier molecular flexibility index (Phi) is 4.79. The Morgan fingerprint density at radius 2 is 2.18 bits per heavy atom. The molecule has 1 atom stereocenters. The third-order valence-electron chi connectivity index (χ3n) is 1.78. The van der Waals surface area contributed by atoms with Crippen LogP contribution in [0, 0.1) is 0 Å². The highest BCUT2D eigenvalue weighted by molar-refractivity contribution is 7.15. The molecule has 8 nitrogen and oxygen atoms in total. The van der Waals surface area contributed by atoms with Crippen LogP contribution in [0.4, 0.5) is 9.93 Å². The summed E-state index contributed by atoms with van der Waals surface area (Å²) in [6.45, 7) is 1.22. The molecule has 0 aliphatic heterocycles. The molecule has 0 aliphatic carbocycles.